The quantitative estimate of drug-likeness (QED) is 0.856. The molecule has 0 spiro atoms. The van der Waals surface area contributed by atoms with Gasteiger partial charge in [0.15, 0.2) is 0 Å². The van der Waals surface area contributed by atoms with Gasteiger partial charge < -0.3 is 14.9 Å². The fourth-order valence-electron chi connectivity index (χ4n) is 1.53. The van der Waals surface area contributed by atoms with Gasteiger partial charge in [-0.3, -0.25) is 0 Å². The predicted molar refractivity (Wildman–Crippen MR) is 62.1 cm³/mol. The molecule has 1 atom stereocenters. The van der Waals surface area contributed by atoms with E-state index in [0.717, 1.165) is 17.1 Å². The van der Waals surface area contributed by atoms with Crippen LogP contribution in [0.15, 0.2) is 47.1 Å². The van der Waals surface area contributed by atoms with E-state index in [2.05, 4.69) is 0 Å². The van der Waals surface area contributed by atoms with E-state index in [1.807, 2.05) is 43.3 Å². The van der Waals surface area contributed by atoms with Crippen LogP contribution in [-0.2, 0) is 6.61 Å². The van der Waals surface area contributed by atoms with Gasteiger partial charge in [-0.2, -0.15) is 0 Å². The van der Waals surface area contributed by atoms with Gasteiger partial charge in [0.25, 0.3) is 0 Å². The monoisotopic (exact) mass is 217 g/mol. The Hall–Kier alpha value is -1.74. The van der Waals surface area contributed by atoms with Gasteiger partial charge >= 0.3 is 0 Å². The first-order chi connectivity index (χ1) is 7.77. The van der Waals surface area contributed by atoms with Crippen LogP contribution in [-0.4, -0.2) is 0 Å². The Bertz CT molecular complexity index is 435. The first-order valence-electron chi connectivity index (χ1n) is 5.27. The van der Waals surface area contributed by atoms with Crippen molar-refractivity contribution in [2.75, 3.05) is 0 Å². The maximum atomic E-state index is 5.86. The van der Waals surface area contributed by atoms with E-state index in [0.29, 0.717) is 6.61 Å². The van der Waals surface area contributed by atoms with E-state index in [1.54, 1.807) is 6.26 Å². The van der Waals surface area contributed by atoms with Crippen LogP contribution in [0.3, 0.4) is 0 Å². The van der Waals surface area contributed by atoms with Crippen molar-refractivity contribution in [3.05, 3.63) is 54.0 Å². The summed E-state index contributed by atoms with van der Waals surface area (Å²) in [6.07, 6.45) is 1.64. The summed E-state index contributed by atoms with van der Waals surface area (Å²) in [5.74, 6) is 1.62. The molecule has 16 heavy (non-hydrogen) atoms. The van der Waals surface area contributed by atoms with E-state index in [-0.39, 0.29) is 6.04 Å². The molecule has 1 aromatic carbocycles. The van der Waals surface area contributed by atoms with Crippen molar-refractivity contribution < 1.29 is 9.15 Å². The summed E-state index contributed by atoms with van der Waals surface area (Å²) in [5.41, 5.74) is 6.87. The Morgan fingerprint density at radius 2 is 2.06 bits per heavy atom. The van der Waals surface area contributed by atoms with Gasteiger partial charge in [-0.15, -0.1) is 0 Å². The molecule has 0 aliphatic heterocycles. The smallest absolute Gasteiger partial charge is 0.146 e. The highest BCUT2D eigenvalue weighted by molar-refractivity contribution is 5.35. The van der Waals surface area contributed by atoms with Crippen molar-refractivity contribution >= 4 is 0 Å². The van der Waals surface area contributed by atoms with Crippen LogP contribution in [0.2, 0.25) is 0 Å². The van der Waals surface area contributed by atoms with E-state index in [9.17, 15) is 0 Å². The number of benzene rings is 1. The lowest BCUT2D eigenvalue weighted by molar-refractivity contribution is 0.267. The molecule has 0 saturated heterocycles. The second-order valence-corrected chi connectivity index (χ2v) is 3.69. The second kappa shape index (κ2) is 4.86. The third kappa shape index (κ3) is 2.44. The fourth-order valence-corrected chi connectivity index (χ4v) is 1.53. The number of rotatable bonds is 4. The topological polar surface area (TPSA) is 48.4 Å². The molecule has 1 heterocycles. The molecule has 0 saturated carbocycles. The SMILES string of the molecule is CC(N)c1ccccc1OCc1ccco1. The Balaban J connectivity index is 2.09. The van der Waals surface area contributed by atoms with Gasteiger partial charge in [0.1, 0.15) is 18.1 Å². The summed E-state index contributed by atoms with van der Waals surface area (Å²) < 4.78 is 10.9. The normalized spacial score (nSPS) is 12.4. The van der Waals surface area contributed by atoms with Gasteiger partial charge in [0, 0.05) is 11.6 Å². The van der Waals surface area contributed by atoms with Gasteiger partial charge in [-0.1, -0.05) is 18.2 Å². The lowest BCUT2D eigenvalue weighted by Gasteiger charge is -2.12. The molecule has 0 amide bonds. The van der Waals surface area contributed by atoms with Gasteiger partial charge in [0.2, 0.25) is 0 Å². The van der Waals surface area contributed by atoms with Crippen LogP contribution in [0, 0.1) is 0 Å². The van der Waals surface area contributed by atoms with Crippen LogP contribution in [0.4, 0.5) is 0 Å². The fraction of sp³-hybridized carbons (Fsp3) is 0.231. The summed E-state index contributed by atoms with van der Waals surface area (Å²) in [7, 11) is 0. The minimum atomic E-state index is -0.0344. The third-order valence-corrected chi connectivity index (χ3v) is 2.36. The third-order valence-electron chi connectivity index (χ3n) is 2.36. The van der Waals surface area contributed by atoms with Crippen molar-refractivity contribution in [3.8, 4) is 5.75 Å². The molecule has 0 bridgehead atoms. The largest absolute Gasteiger partial charge is 0.485 e. The average molecular weight is 217 g/mol. The Morgan fingerprint density at radius 1 is 1.25 bits per heavy atom. The zero-order valence-corrected chi connectivity index (χ0v) is 9.22. The molecule has 1 aromatic heterocycles. The van der Waals surface area contributed by atoms with Crippen molar-refractivity contribution in [3.63, 3.8) is 0 Å². The van der Waals surface area contributed by atoms with E-state index < -0.39 is 0 Å². The van der Waals surface area contributed by atoms with Crippen molar-refractivity contribution in [1.29, 1.82) is 0 Å². The zero-order valence-electron chi connectivity index (χ0n) is 9.22. The van der Waals surface area contributed by atoms with Crippen LogP contribution in [0.1, 0.15) is 24.3 Å². The molecule has 2 rings (SSSR count). The Labute approximate surface area is 94.8 Å². The maximum Gasteiger partial charge on any atom is 0.146 e. The van der Waals surface area contributed by atoms with Gasteiger partial charge in [0.05, 0.1) is 6.26 Å². The standard InChI is InChI=1S/C13H15NO2/c1-10(14)12-6-2-3-7-13(12)16-9-11-5-4-8-15-11/h2-8,10H,9,14H2,1H3. The predicted octanol–water partition coefficient (Wildman–Crippen LogP) is 2.88. The summed E-state index contributed by atoms with van der Waals surface area (Å²) in [4.78, 5) is 0. The zero-order chi connectivity index (χ0) is 11.4. The van der Waals surface area contributed by atoms with Crippen molar-refractivity contribution in [1.82, 2.24) is 0 Å². The molecule has 3 nitrogen and oxygen atoms in total. The highest BCUT2D eigenvalue weighted by Gasteiger charge is 2.07. The van der Waals surface area contributed by atoms with Crippen molar-refractivity contribution in [2.45, 2.75) is 19.6 Å². The summed E-state index contributed by atoms with van der Waals surface area (Å²) in [6.45, 7) is 2.37. The molecule has 2 aromatic rings. The van der Waals surface area contributed by atoms with E-state index >= 15 is 0 Å². The minimum absolute atomic E-state index is 0.0344. The number of para-hydroxylation sites is 1. The Morgan fingerprint density at radius 3 is 2.75 bits per heavy atom. The Kier molecular flexibility index (Phi) is 3.27. The van der Waals surface area contributed by atoms with Crippen LogP contribution < -0.4 is 10.5 Å². The van der Waals surface area contributed by atoms with E-state index in [1.165, 1.54) is 0 Å². The number of ether oxygens (including phenoxy) is 1. The van der Waals surface area contributed by atoms with Crippen molar-refractivity contribution in [2.24, 2.45) is 5.73 Å². The van der Waals surface area contributed by atoms with Crippen LogP contribution in [0.5, 0.6) is 5.75 Å². The number of hydrogen-bond donors (Lipinski definition) is 1. The summed E-state index contributed by atoms with van der Waals surface area (Å²) >= 11 is 0. The first-order valence-corrected chi connectivity index (χ1v) is 5.27. The first kappa shape index (κ1) is 10.8. The summed E-state index contributed by atoms with van der Waals surface area (Å²) in [5, 5.41) is 0. The van der Waals surface area contributed by atoms with E-state index in [4.69, 9.17) is 14.9 Å². The molecule has 1 unspecified atom stereocenters. The molecule has 0 aliphatic rings. The number of nitrogens with two attached hydrogens (primary N) is 1. The number of furan rings is 1. The van der Waals surface area contributed by atoms with Gasteiger partial charge in [-0.05, 0) is 25.1 Å². The summed E-state index contributed by atoms with van der Waals surface area (Å²) in [6, 6.07) is 11.5. The molecular formula is C13H15NO2. The van der Waals surface area contributed by atoms with Crippen LogP contribution in [0.25, 0.3) is 0 Å². The average Bonchev–Trinajstić information content (AvgIpc) is 2.79. The lowest BCUT2D eigenvalue weighted by Crippen LogP contribution is -2.07. The molecule has 3 heteroatoms. The second-order valence-electron chi connectivity index (χ2n) is 3.69. The molecule has 0 fully saturated rings. The molecule has 0 aliphatic carbocycles. The van der Waals surface area contributed by atoms with Gasteiger partial charge in [-0.25, -0.2) is 0 Å². The highest BCUT2D eigenvalue weighted by Crippen LogP contribution is 2.24. The molecular weight excluding hydrogens is 202 g/mol. The maximum absolute atomic E-state index is 5.86. The lowest BCUT2D eigenvalue weighted by atomic mass is 10.1. The highest BCUT2D eigenvalue weighted by atomic mass is 16.5. The minimum Gasteiger partial charge on any atom is -0.485 e. The van der Waals surface area contributed by atoms with Crippen LogP contribution >= 0.6 is 0 Å². The molecule has 84 valence electrons. The molecule has 2 N–H and O–H groups in total. The molecule has 0 radical (unpaired) electrons. The number of hydrogen-bond acceptors (Lipinski definition) is 3.